The number of hydrogen-bond donors (Lipinski definition) is 7. The Balaban J connectivity index is 0.000000218. The largest absolute Gasteiger partial charge is 0.480 e. The third-order valence-corrected chi connectivity index (χ3v) is 9.09. The molecule has 1 amide bonds. The monoisotopic (exact) mass is 746 g/mol. The van der Waals surface area contributed by atoms with Gasteiger partial charge in [-0.1, -0.05) is 91.8 Å². The Labute approximate surface area is 315 Å². The number of carbonyl (C=O) groups is 1. The Morgan fingerprint density at radius 1 is 1.06 bits per heavy atom. The van der Waals surface area contributed by atoms with E-state index in [2.05, 4.69) is 103 Å². The van der Waals surface area contributed by atoms with Crippen LogP contribution in [0.3, 0.4) is 0 Å². The van der Waals surface area contributed by atoms with Gasteiger partial charge in [-0.25, -0.2) is 4.98 Å². The van der Waals surface area contributed by atoms with Crippen molar-refractivity contribution >= 4 is 40.1 Å². The molecule has 2 aromatic carbocycles. The van der Waals surface area contributed by atoms with Gasteiger partial charge in [0.2, 0.25) is 11.5 Å². The molecule has 1 aliphatic heterocycles. The Kier molecular flexibility index (Phi) is 15.5. The second-order valence-corrected chi connectivity index (χ2v) is 13.7. The van der Waals surface area contributed by atoms with Crippen molar-refractivity contribution in [3.05, 3.63) is 119 Å². The minimum absolute atomic E-state index is 0. The molecular formula is C40H51ClN6O6. The molecular weight excluding hydrogens is 696 g/mol. The van der Waals surface area contributed by atoms with E-state index in [4.69, 9.17) is 21.0 Å². The van der Waals surface area contributed by atoms with Crippen LogP contribution in [-0.2, 0) is 9.53 Å². The van der Waals surface area contributed by atoms with Crippen molar-refractivity contribution in [2.75, 3.05) is 6.61 Å². The molecule has 0 radical (unpaired) electrons. The number of halogens is 1. The number of nitrogens with zero attached hydrogens (tertiary/aromatic N) is 3. The molecule has 284 valence electrons. The van der Waals surface area contributed by atoms with Crippen molar-refractivity contribution in [3.63, 3.8) is 0 Å². The van der Waals surface area contributed by atoms with Crippen LogP contribution in [0.2, 0.25) is 0 Å². The molecule has 4 aromatic rings. The van der Waals surface area contributed by atoms with Crippen molar-refractivity contribution in [3.8, 4) is 6.01 Å². The van der Waals surface area contributed by atoms with E-state index in [1.54, 1.807) is 0 Å². The minimum Gasteiger partial charge on any atom is -0.480 e. The van der Waals surface area contributed by atoms with Crippen LogP contribution < -0.4 is 11.4 Å². The van der Waals surface area contributed by atoms with Gasteiger partial charge in [0.05, 0.1) is 6.61 Å². The van der Waals surface area contributed by atoms with Gasteiger partial charge < -0.3 is 35.9 Å². The highest BCUT2D eigenvalue weighted by Crippen LogP contribution is 2.40. The van der Waals surface area contributed by atoms with Gasteiger partial charge in [-0.05, 0) is 68.7 Å². The van der Waals surface area contributed by atoms with Crippen LogP contribution in [0.15, 0.2) is 114 Å². The number of carbonyl (C=O) groups excluding carboxylic acids is 1. The highest BCUT2D eigenvalue weighted by Gasteiger charge is 2.44. The molecule has 8 N–H and O–H groups in total. The highest BCUT2D eigenvalue weighted by atomic mass is 35.5. The number of fused-ring (bicyclic) bond motifs is 3. The predicted octanol–water partition coefficient (Wildman–Crippen LogP) is 5.82. The first-order chi connectivity index (χ1) is 24.7. The minimum atomic E-state index is -1.33. The quantitative estimate of drug-likeness (QED) is 0.0905. The first-order valence-electron chi connectivity index (χ1n) is 17.2. The zero-order valence-corrected chi connectivity index (χ0v) is 31.5. The van der Waals surface area contributed by atoms with Crippen LogP contribution in [0.5, 0.6) is 6.01 Å². The van der Waals surface area contributed by atoms with E-state index in [9.17, 15) is 20.1 Å². The normalized spacial score (nSPS) is 21.7. The van der Waals surface area contributed by atoms with E-state index < -0.39 is 43.1 Å². The van der Waals surface area contributed by atoms with Gasteiger partial charge >= 0.3 is 6.01 Å². The van der Waals surface area contributed by atoms with Crippen LogP contribution in [0.25, 0.3) is 21.8 Å². The number of aliphatic hydroxyl groups is 3. The van der Waals surface area contributed by atoms with Gasteiger partial charge in [0.25, 0.3) is 0 Å². The summed E-state index contributed by atoms with van der Waals surface area (Å²) >= 11 is 0. The summed E-state index contributed by atoms with van der Waals surface area (Å²) in [5.74, 6) is -0.412. The SMILES string of the molecule is CC1=C(/C=C/C(C)=C/C=C/C(C)=C/C(N)=O)C(C)(C)CCC1.Cl.N=c1ncn([C@@H]2O[C@H](CO)[C@@H](O)[C@@H]2O)c(O)n1.c1ccc2c(c1)[nH]c1ccccc12. The summed E-state index contributed by atoms with van der Waals surface area (Å²) < 4.78 is 6.13. The maximum absolute atomic E-state index is 10.8. The Morgan fingerprint density at radius 2 is 1.68 bits per heavy atom. The van der Waals surface area contributed by atoms with E-state index in [0.29, 0.717) is 0 Å². The fraction of sp³-hybridized carbons (Fsp3) is 0.350. The number of rotatable bonds is 7. The maximum atomic E-state index is 10.8. The summed E-state index contributed by atoms with van der Waals surface area (Å²) in [6.07, 6.45) is 11.9. The number of aromatic amines is 1. The van der Waals surface area contributed by atoms with Crippen molar-refractivity contribution in [2.24, 2.45) is 11.1 Å². The first kappa shape index (κ1) is 42.6. The zero-order valence-electron chi connectivity index (χ0n) is 30.7. The number of H-pyrrole nitrogens is 1. The van der Waals surface area contributed by atoms with Crippen LogP contribution in [0, 0.1) is 10.8 Å². The number of amides is 1. The molecule has 12 nitrogen and oxygen atoms in total. The molecule has 13 heteroatoms. The summed E-state index contributed by atoms with van der Waals surface area (Å²) in [5, 5.41) is 47.3. The number of hydrogen-bond acceptors (Lipinski definition) is 9. The summed E-state index contributed by atoms with van der Waals surface area (Å²) in [6, 6.07) is 16.2. The Morgan fingerprint density at radius 3 is 2.23 bits per heavy atom. The van der Waals surface area contributed by atoms with Crippen LogP contribution in [0.1, 0.15) is 60.1 Å². The molecule has 4 atom stereocenters. The number of ether oxygens (including phenoxy) is 1. The molecule has 0 spiro atoms. The van der Waals surface area contributed by atoms with Gasteiger partial charge in [0.1, 0.15) is 24.6 Å². The number of nitrogens with two attached hydrogens (primary N) is 1. The Bertz CT molecular complexity index is 2030. The summed E-state index contributed by atoms with van der Waals surface area (Å²) in [6.45, 7) is 10.4. The molecule has 3 heterocycles. The summed E-state index contributed by atoms with van der Waals surface area (Å²) in [4.78, 5) is 21.0. The number of allylic oxidation sites excluding steroid dienone is 9. The standard InChI is InChI=1S/C20H29NO.C12H9N.C8H12N4O5.ClH/c1-15(8-6-9-16(2)14-19(21)22)11-12-18-17(3)10-7-13-20(18,4)5;1-3-7-11-9(5-1)10-6-2-4-8-12(10)13-11;9-7-10-2-12(8(16)11-7)6-5(15)4(14)3(1-13)17-6;/h6,8-9,11-12,14H,7,10,13H2,1-5H3,(H2,21,22);1-8,13H;2-6,13-15H,1H2,(H2,9,11,16);1H/b9-6+,12-11+,15-8+,16-14+;;;/t;;3-,4-,5+,6-;/m..1./s1. The van der Waals surface area contributed by atoms with Crippen molar-refractivity contribution in [1.29, 1.82) is 5.41 Å². The number of aromatic nitrogens is 4. The van der Waals surface area contributed by atoms with E-state index in [1.165, 1.54) is 63.9 Å². The molecule has 0 bridgehead atoms. The fourth-order valence-corrected chi connectivity index (χ4v) is 6.34. The fourth-order valence-electron chi connectivity index (χ4n) is 6.34. The van der Waals surface area contributed by atoms with E-state index in [-0.39, 0.29) is 23.4 Å². The molecule has 6 rings (SSSR count). The average Bonchev–Trinajstić information content (AvgIpc) is 3.61. The molecule has 0 unspecified atom stereocenters. The molecule has 0 saturated carbocycles. The number of aliphatic hydroxyl groups excluding tert-OH is 3. The average molecular weight is 747 g/mol. The van der Waals surface area contributed by atoms with Crippen LogP contribution >= 0.6 is 12.4 Å². The summed E-state index contributed by atoms with van der Waals surface area (Å²) in [5.41, 5.74) is 12.4. The van der Waals surface area contributed by atoms with Gasteiger partial charge in [0.15, 0.2) is 6.23 Å². The number of nitrogens with one attached hydrogen (secondary N) is 2. The lowest BCUT2D eigenvalue weighted by Crippen LogP contribution is -2.33. The van der Waals surface area contributed by atoms with E-state index >= 15 is 0 Å². The smallest absolute Gasteiger partial charge is 0.300 e. The van der Waals surface area contributed by atoms with Gasteiger partial charge in [-0.2, -0.15) is 4.98 Å². The van der Waals surface area contributed by atoms with Crippen molar-refractivity contribution in [2.45, 2.75) is 78.4 Å². The number of aromatic hydroxyl groups is 1. The topological polar surface area (TPSA) is 204 Å². The van der Waals surface area contributed by atoms with Gasteiger partial charge in [-0.3, -0.25) is 14.8 Å². The van der Waals surface area contributed by atoms with E-state index in [1.807, 2.05) is 25.2 Å². The molecule has 1 saturated heterocycles. The lowest BCUT2D eigenvalue weighted by Gasteiger charge is -2.32. The molecule has 2 aromatic heterocycles. The predicted molar refractivity (Wildman–Crippen MR) is 209 cm³/mol. The lowest BCUT2D eigenvalue weighted by molar-refractivity contribution is -0.113. The first-order valence-corrected chi connectivity index (χ1v) is 17.2. The van der Waals surface area contributed by atoms with Gasteiger partial charge in [0, 0.05) is 27.9 Å². The second-order valence-electron chi connectivity index (χ2n) is 13.7. The third kappa shape index (κ3) is 11.3. The highest BCUT2D eigenvalue weighted by molar-refractivity contribution is 6.06. The van der Waals surface area contributed by atoms with Crippen LogP contribution in [0.4, 0.5) is 0 Å². The third-order valence-electron chi connectivity index (χ3n) is 9.09. The van der Waals surface area contributed by atoms with Gasteiger partial charge in [-0.15, -0.1) is 12.4 Å². The van der Waals surface area contributed by atoms with Crippen molar-refractivity contribution in [1.82, 2.24) is 19.5 Å². The zero-order chi connectivity index (χ0) is 38.0. The molecule has 53 heavy (non-hydrogen) atoms. The summed E-state index contributed by atoms with van der Waals surface area (Å²) in [7, 11) is 0. The Hall–Kier alpha value is -4.85. The van der Waals surface area contributed by atoms with E-state index in [0.717, 1.165) is 16.5 Å². The number of primary amides is 1. The van der Waals surface area contributed by atoms with Crippen LogP contribution in [-0.4, -0.2) is 70.8 Å². The second kappa shape index (κ2) is 19.3. The number of benzene rings is 2. The maximum Gasteiger partial charge on any atom is 0.300 e. The molecule has 2 aliphatic rings. The lowest BCUT2D eigenvalue weighted by atomic mass is 9.72. The van der Waals surface area contributed by atoms with Crippen molar-refractivity contribution < 1.29 is 30.0 Å². The molecule has 1 aliphatic carbocycles. The molecule has 1 fully saturated rings. The number of para-hydroxylation sites is 2.